The van der Waals surface area contributed by atoms with E-state index >= 15 is 0 Å². The van der Waals surface area contributed by atoms with Gasteiger partial charge in [-0.05, 0) is 23.8 Å². The van der Waals surface area contributed by atoms with Crippen molar-refractivity contribution in [2.75, 3.05) is 17.6 Å². The monoisotopic (exact) mass is 221 g/mol. The molecule has 0 aliphatic carbocycles. The van der Waals surface area contributed by atoms with Crippen molar-refractivity contribution in [2.45, 2.75) is 4.90 Å². The number of benzene rings is 1. The van der Waals surface area contributed by atoms with Gasteiger partial charge in [0.25, 0.3) is 0 Å². The predicted octanol–water partition coefficient (Wildman–Crippen LogP) is 2.30. The molecule has 0 saturated carbocycles. The summed E-state index contributed by atoms with van der Waals surface area (Å²) in [4.78, 5) is 11.5. The number of carbonyl (C=O) groups is 1. The lowest BCUT2D eigenvalue weighted by atomic mass is 10.2. The van der Waals surface area contributed by atoms with Crippen LogP contribution >= 0.6 is 11.8 Å². The van der Waals surface area contributed by atoms with E-state index in [0.717, 1.165) is 29.6 Å². The molecule has 0 bridgehead atoms. The molecule has 0 fully saturated rings. The molecular weight excluding hydrogens is 210 g/mol. The Labute approximate surface area is 92.2 Å². The molecule has 3 nitrogen and oxygen atoms in total. The van der Waals surface area contributed by atoms with Crippen molar-refractivity contribution in [1.29, 1.82) is 0 Å². The molecular formula is C11H11NO2S. The van der Waals surface area contributed by atoms with Gasteiger partial charge in [-0.2, -0.15) is 0 Å². The van der Waals surface area contributed by atoms with Crippen LogP contribution in [0.4, 0.5) is 5.69 Å². The zero-order valence-electron chi connectivity index (χ0n) is 8.06. The molecule has 2 N–H and O–H groups in total. The lowest BCUT2D eigenvalue weighted by Gasteiger charge is -2.17. The van der Waals surface area contributed by atoms with Crippen LogP contribution in [0.15, 0.2) is 29.2 Å². The Bertz CT molecular complexity index is 415. The topological polar surface area (TPSA) is 49.3 Å². The maximum absolute atomic E-state index is 10.4. The Balaban J connectivity index is 2.24. The number of hydrogen-bond acceptors (Lipinski definition) is 3. The van der Waals surface area contributed by atoms with E-state index in [0.29, 0.717) is 0 Å². The molecule has 0 atom stereocenters. The van der Waals surface area contributed by atoms with Crippen molar-refractivity contribution < 1.29 is 9.90 Å². The van der Waals surface area contributed by atoms with Crippen molar-refractivity contribution in [3.63, 3.8) is 0 Å². The Kier molecular flexibility index (Phi) is 2.97. The van der Waals surface area contributed by atoms with Gasteiger partial charge in [0.05, 0.1) is 0 Å². The largest absolute Gasteiger partial charge is 0.478 e. The maximum Gasteiger partial charge on any atom is 0.328 e. The van der Waals surface area contributed by atoms with Crippen LogP contribution in [-0.4, -0.2) is 23.4 Å². The van der Waals surface area contributed by atoms with Crippen LogP contribution < -0.4 is 5.32 Å². The fourth-order valence-electron chi connectivity index (χ4n) is 1.42. The van der Waals surface area contributed by atoms with Crippen LogP contribution in [0.5, 0.6) is 0 Å². The second kappa shape index (κ2) is 4.40. The summed E-state index contributed by atoms with van der Waals surface area (Å²) >= 11 is 1.79. The van der Waals surface area contributed by atoms with E-state index in [9.17, 15) is 4.79 Å². The Morgan fingerprint density at radius 3 is 3.20 bits per heavy atom. The molecule has 0 saturated heterocycles. The summed E-state index contributed by atoms with van der Waals surface area (Å²) < 4.78 is 0. The van der Waals surface area contributed by atoms with Crippen LogP contribution in [0.25, 0.3) is 6.08 Å². The van der Waals surface area contributed by atoms with Gasteiger partial charge >= 0.3 is 5.97 Å². The molecule has 1 aliphatic rings. The molecule has 78 valence electrons. The summed E-state index contributed by atoms with van der Waals surface area (Å²) in [5.41, 5.74) is 2.06. The van der Waals surface area contributed by atoms with E-state index < -0.39 is 5.97 Å². The summed E-state index contributed by atoms with van der Waals surface area (Å²) in [6.45, 7) is 0.988. The van der Waals surface area contributed by atoms with Gasteiger partial charge in [0.1, 0.15) is 0 Å². The van der Waals surface area contributed by atoms with E-state index in [1.807, 2.05) is 18.2 Å². The highest BCUT2D eigenvalue weighted by Crippen LogP contribution is 2.31. The molecule has 1 aliphatic heterocycles. The molecule has 0 amide bonds. The summed E-state index contributed by atoms with van der Waals surface area (Å²) in [7, 11) is 0. The summed E-state index contributed by atoms with van der Waals surface area (Å²) in [6.07, 6.45) is 2.76. The first-order chi connectivity index (χ1) is 7.25. The van der Waals surface area contributed by atoms with Gasteiger partial charge in [-0.25, -0.2) is 4.79 Å². The van der Waals surface area contributed by atoms with Crippen molar-refractivity contribution in [1.82, 2.24) is 0 Å². The number of carboxylic acids is 1. The van der Waals surface area contributed by atoms with Gasteiger partial charge in [-0.1, -0.05) is 6.07 Å². The lowest BCUT2D eigenvalue weighted by Crippen LogP contribution is -2.09. The van der Waals surface area contributed by atoms with E-state index in [1.165, 1.54) is 4.90 Å². The zero-order chi connectivity index (χ0) is 10.7. The quantitative estimate of drug-likeness (QED) is 0.752. The average Bonchev–Trinajstić information content (AvgIpc) is 2.26. The van der Waals surface area contributed by atoms with Crippen molar-refractivity contribution >= 4 is 29.5 Å². The molecule has 1 aromatic rings. The van der Waals surface area contributed by atoms with E-state index in [2.05, 4.69) is 5.32 Å². The number of fused-ring (bicyclic) bond motifs is 1. The van der Waals surface area contributed by atoms with Crippen LogP contribution in [-0.2, 0) is 4.79 Å². The zero-order valence-corrected chi connectivity index (χ0v) is 8.88. The normalized spacial score (nSPS) is 14.7. The second-order valence-corrected chi connectivity index (χ2v) is 4.34. The van der Waals surface area contributed by atoms with Crippen LogP contribution in [0, 0.1) is 0 Å². The molecule has 1 aromatic carbocycles. The number of anilines is 1. The van der Waals surface area contributed by atoms with Crippen molar-refractivity contribution in [3.05, 3.63) is 29.8 Å². The second-order valence-electron chi connectivity index (χ2n) is 3.20. The molecule has 15 heavy (non-hydrogen) atoms. The minimum absolute atomic E-state index is 0.918. The minimum Gasteiger partial charge on any atom is -0.478 e. The summed E-state index contributed by atoms with van der Waals surface area (Å²) in [5.74, 6) is 0.137. The van der Waals surface area contributed by atoms with Gasteiger partial charge in [0.15, 0.2) is 0 Å². The Morgan fingerprint density at radius 2 is 2.40 bits per heavy atom. The SMILES string of the molecule is O=C(O)/C=C/c1ccc2c(c1)SCCN2. The number of rotatable bonds is 2. The third-order valence-electron chi connectivity index (χ3n) is 2.10. The highest BCUT2D eigenvalue weighted by molar-refractivity contribution is 7.99. The third kappa shape index (κ3) is 2.53. The van der Waals surface area contributed by atoms with Crippen molar-refractivity contribution in [2.24, 2.45) is 0 Å². The van der Waals surface area contributed by atoms with Crippen LogP contribution in [0.2, 0.25) is 0 Å². The third-order valence-corrected chi connectivity index (χ3v) is 3.16. The molecule has 1 heterocycles. The maximum atomic E-state index is 10.4. The minimum atomic E-state index is -0.918. The van der Waals surface area contributed by atoms with Gasteiger partial charge in [-0.15, -0.1) is 11.8 Å². The summed E-state index contributed by atoms with van der Waals surface area (Å²) in [6, 6.07) is 5.91. The fourth-order valence-corrected chi connectivity index (χ4v) is 2.36. The number of carboxylic acid groups (broad SMARTS) is 1. The van der Waals surface area contributed by atoms with Gasteiger partial charge in [0, 0.05) is 29.0 Å². The van der Waals surface area contributed by atoms with E-state index in [1.54, 1.807) is 17.8 Å². The smallest absolute Gasteiger partial charge is 0.328 e. The first-order valence-corrected chi connectivity index (χ1v) is 5.66. The standard InChI is InChI=1S/C11H11NO2S/c13-11(14)4-2-8-1-3-9-10(7-8)15-6-5-12-9/h1-4,7,12H,5-6H2,(H,13,14)/b4-2+. The molecule has 4 heteroatoms. The average molecular weight is 221 g/mol. The van der Waals surface area contributed by atoms with E-state index in [4.69, 9.17) is 5.11 Å². The molecule has 0 aromatic heterocycles. The van der Waals surface area contributed by atoms with Crippen LogP contribution in [0.3, 0.4) is 0 Å². The predicted molar refractivity (Wildman–Crippen MR) is 62.3 cm³/mol. The number of thioether (sulfide) groups is 1. The number of aliphatic carboxylic acids is 1. The van der Waals surface area contributed by atoms with Gasteiger partial charge < -0.3 is 10.4 Å². The first-order valence-electron chi connectivity index (χ1n) is 4.67. The van der Waals surface area contributed by atoms with Gasteiger partial charge in [0.2, 0.25) is 0 Å². The summed E-state index contributed by atoms with van der Waals surface area (Å²) in [5, 5.41) is 11.8. The van der Waals surface area contributed by atoms with Gasteiger partial charge in [-0.3, -0.25) is 0 Å². The molecule has 0 radical (unpaired) electrons. The Hall–Kier alpha value is -1.42. The highest BCUT2D eigenvalue weighted by atomic mass is 32.2. The highest BCUT2D eigenvalue weighted by Gasteiger charge is 2.08. The van der Waals surface area contributed by atoms with Crippen LogP contribution in [0.1, 0.15) is 5.56 Å². The lowest BCUT2D eigenvalue weighted by molar-refractivity contribution is -0.131. The first kappa shape index (κ1) is 10.1. The molecule has 2 rings (SSSR count). The Morgan fingerprint density at radius 1 is 1.53 bits per heavy atom. The number of hydrogen-bond donors (Lipinski definition) is 2. The molecule has 0 unspecified atom stereocenters. The van der Waals surface area contributed by atoms with Crippen molar-refractivity contribution in [3.8, 4) is 0 Å². The number of nitrogens with one attached hydrogen (secondary N) is 1. The fraction of sp³-hybridized carbons (Fsp3) is 0.182. The van der Waals surface area contributed by atoms with E-state index in [-0.39, 0.29) is 0 Å². The molecule has 0 spiro atoms.